The van der Waals surface area contributed by atoms with Crippen LogP contribution >= 0.6 is 11.6 Å². The highest BCUT2D eigenvalue weighted by molar-refractivity contribution is 6.30. The maximum Gasteiger partial charge on any atom is 0.125 e. The van der Waals surface area contributed by atoms with Crippen molar-refractivity contribution in [2.24, 2.45) is 0 Å². The van der Waals surface area contributed by atoms with Crippen molar-refractivity contribution in [3.8, 4) is 5.75 Å². The summed E-state index contributed by atoms with van der Waals surface area (Å²) in [7, 11) is 3.54. The van der Waals surface area contributed by atoms with Crippen molar-refractivity contribution in [1.29, 1.82) is 0 Å². The quantitative estimate of drug-likeness (QED) is 0.904. The van der Waals surface area contributed by atoms with E-state index in [0.717, 1.165) is 29.3 Å². The standard InChI is InChI=1S/C15H18ClNO2/c1-4-11-6-8-13(19-11)15(17-2)12-7-5-10(16)9-14(12)18-3/h5-9,15,17H,4H2,1-3H3. The Hall–Kier alpha value is -1.45. The van der Waals surface area contributed by atoms with Gasteiger partial charge in [-0.1, -0.05) is 24.6 Å². The normalized spacial score (nSPS) is 12.4. The number of nitrogens with one attached hydrogen (secondary N) is 1. The summed E-state index contributed by atoms with van der Waals surface area (Å²) < 4.78 is 11.2. The van der Waals surface area contributed by atoms with Crippen LogP contribution in [0.2, 0.25) is 5.02 Å². The molecule has 0 radical (unpaired) electrons. The fourth-order valence-corrected chi connectivity index (χ4v) is 2.28. The number of methoxy groups -OCH3 is 1. The molecule has 0 bridgehead atoms. The highest BCUT2D eigenvalue weighted by atomic mass is 35.5. The molecule has 1 N–H and O–H groups in total. The van der Waals surface area contributed by atoms with Crippen LogP contribution in [0.5, 0.6) is 5.75 Å². The van der Waals surface area contributed by atoms with E-state index in [0.29, 0.717) is 5.02 Å². The van der Waals surface area contributed by atoms with Gasteiger partial charge in [0.1, 0.15) is 17.3 Å². The first kappa shape index (κ1) is 14.0. The molecule has 3 nitrogen and oxygen atoms in total. The summed E-state index contributed by atoms with van der Waals surface area (Å²) in [6, 6.07) is 9.57. The Morgan fingerprint density at radius 3 is 2.68 bits per heavy atom. The van der Waals surface area contributed by atoms with E-state index in [4.69, 9.17) is 20.8 Å². The maximum absolute atomic E-state index is 5.99. The molecule has 1 aromatic heterocycles. The molecule has 2 aromatic rings. The van der Waals surface area contributed by atoms with Gasteiger partial charge in [-0.3, -0.25) is 0 Å². The largest absolute Gasteiger partial charge is 0.496 e. The zero-order valence-corrected chi connectivity index (χ0v) is 12.1. The third-order valence-corrected chi connectivity index (χ3v) is 3.35. The summed E-state index contributed by atoms with van der Waals surface area (Å²) in [5.41, 5.74) is 1.01. The van der Waals surface area contributed by atoms with E-state index in [2.05, 4.69) is 12.2 Å². The van der Waals surface area contributed by atoms with Gasteiger partial charge in [0.05, 0.1) is 13.2 Å². The molecular formula is C15H18ClNO2. The van der Waals surface area contributed by atoms with E-state index in [9.17, 15) is 0 Å². The van der Waals surface area contributed by atoms with Crippen LogP contribution < -0.4 is 10.1 Å². The third-order valence-electron chi connectivity index (χ3n) is 3.11. The highest BCUT2D eigenvalue weighted by Crippen LogP contribution is 2.32. The van der Waals surface area contributed by atoms with Gasteiger partial charge in [-0.25, -0.2) is 0 Å². The third kappa shape index (κ3) is 2.94. The molecule has 4 heteroatoms. The van der Waals surface area contributed by atoms with Crippen molar-refractivity contribution in [2.75, 3.05) is 14.2 Å². The minimum atomic E-state index is -0.0486. The molecule has 0 aliphatic heterocycles. The molecule has 0 saturated heterocycles. The molecule has 0 fully saturated rings. The molecule has 0 aliphatic carbocycles. The Bertz CT molecular complexity index is 551. The van der Waals surface area contributed by atoms with Crippen LogP contribution in [0.1, 0.15) is 30.0 Å². The van der Waals surface area contributed by atoms with Gasteiger partial charge in [0.15, 0.2) is 0 Å². The van der Waals surface area contributed by atoms with E-state index in [1.54, 1.807) is 7.11 Å². The lowest BCUT2D eigenvalue weighted by molar-refractivity contribution is 0.392. The van der Waals surface area contributed by atoms with Crippen molar-refractivity contribution < 1.29 is 9.15 Å². The van der Waals surface area contributed by atoms with Crippen LogP contribution in [-0.2, 0) is 6.42 Å². The molecule has 0 saturated carbocycles. The van der Waals surface area contributed by atoms with Crippen LogP contribution in [0.15, 0.2) is 34.7 Å². The predicted octanol–water partition coefficient (Wildman–Crippen LogP) is 3.81. The maximum atomic E-state index is 5.99. The van der Waals surface area contributed by atoms with Crippen molar-refractivity contribution in [3.05, 3.63) is 52.4 Å². The number of halogens is 1. The molecule has 0 amide bonds. The lowest BCUT2D eigenvalue weighted by Crippen LogP contribution is -2.17. The van der Waals surface area contributed by atoms with E-state index in [-0.39, 0.29) is 6.04 Å². The zero-order chi connectivity index (χ0) is 13.8. The number of hydrogen-bond acceptors (Lipinski definition) is 3. The lowest BCUT2D eigenvalue weighted by atomic mass is 10.0. The molecule has 1 atom stereocenters. The van der Waals surface area contributed by atoms with Gasteiger partial charge in [-0.2, -0.15) is 0 Å². The summed E-state index contributed by atoms with van der Waals surface area (Å²) in [5, 5.41) is 3.91. The Kier molecular flexibility index (Phi) is 4.51. The molecule has 1 aromatic carbocycles. The van der Waals surface area contributed by atoms with E-state index in [1.165, 1.54) is 0 Å². The molecule has 2 rings (SSSR count). The number of furan rings is 1. The first-order chi connectivity index (χ1) is 9.19. The monoisotopic (exact) mass is 279 g/mol. The number of aryl methyl sites for hydroxylation is 1. The summed E-state index contributed by atoms with van der Waals surface area (Å²) in [6.07, 6.45) is 0.883. The number of rotatable bonds is 5. The van der Waals surface area contributed by atoms with Crippen LogP contribution in [-0.4, -0.2) is 14.2 Å². The van der Waals surface area contributed by atoms with Gasteiger partial charge in [0.25, 0.3) is 0 Å². The van der Waals surface area contributed by atoms with Crippen molar-refractivity contribution in [1.82, 2.24) is 5.32 Å². The molecule has 19 heavy (non-hydrogen) atoms. The topological polar surface area (TPSA) is 34.4 Å². The fraction of sp³-hybridized carbons (Fsp3) is 0.333. The van der Waals surface area contributed by atoms with E-state index >= 15 is 0 Å². The Balaban J connectivity index is 2.41. The molecule has 1 heterocycles. The van der Waals surface area contributed by atoms with E-state index < -0.39 is 0 Å². The minimum absolute atomic E-state index is 0.0486. The fourth-order valence-electron chi connectivity index (χ4n) is 2.11. The van der Waals surface area contributed by atoms with Crippen molar-refractivity contribution in [3.63, 3.8) is 0 Å². The minimum Gasteiger partial charge on any atom is -0.496 e. The summed E-state index contributed by atoms with van der Waals surface area (Å²) in [5.74, 6) is 2.60. The second kappa shape index (κ2) is 6.13. The van der Waals surface area contributed by atoms with Crippen LogP contribution in [0.4, 0.5) is 0 Å². The van der Waals surface area contributed by atoms with E-state index in [1.807, 2.05) is 37.4 Å². The smallest absolute Gasteiger partial charge is 0.125 e. The van der Waals surface area contributed by atoms with Gasteiger partial charge in [0.2, 0.25) is 0 Å². The summed E-state index contributed by atoms with van der Waals surface area (Å²) in [6.45, 7) is 2.07. The van der Waals surface area contributed by atoms with Crippen molar-refractivity contribution >= 4 is 11.6 Å². The SMILES string of the molecule is CCc1ccc(C(NC)c2ccc(Cl)cc2OC)o1. The molecule has 102 valence electrons. The summed E-state index contributed by atoms with van der Waals surface area (Å²) in [4.78, 5) is 0. The molecule has 0 spiro atoms. The lowest BCUT2D eigenvalue weighted by Gasteiger charge is -2.17. The molecule has 1 unspecified atom stereocenters. The molecular weight excluding hydrogens is 262 g/mol. The Morgan fingerprint density at radius 1 is 1.32 bits per heavy atom. The van der Waals surface area contributed by atoms with Gasteiger partial charge >= 0.3 is 0 Å². The number of ether oxygens (including phenoxy) is 1. The predicted molar refractivity (Wildman–Crippen MR) is 77.0 cm³/mol. The first-order valence-corrected chi connectivity index (χ1v) is 6.66. The highest BCUT2D eigenvalue weighted by Gasteiger charge is 2.20. The first-order valence-electron chi connectivity index (χ1n) is 6.29. The van der Waals surface area contributed by atoms with Crippen LogP contribution in [0.25, 0.3) is 0 Å². The molecule has 0 aliphatic rings. The number of benzene rings is 1. The van der Waals surface area contributed by atoms with Crippen molar-refractivity contribution in [2.45, 2.75) is 19.4 Å². The second-order valence-corrected chi connectivity index (χ2v) is 4.70. The Labute approximate surface area is 118 Å². The average Bonchev–Trinajstić information content (AvgIpc) is 2.89. The number of hydrogen-bond donors (Lipinski definition) is 1. The average molecular weight is 280 g/mol. The second-order valence-electron chi connectivity index (χ2n) is 4.27. The van der Waals surface area contributed by atoms with Gasteiger partial charge in [-0.15, -0.1) is 0 Å². The zero-order valence-electron chi connectivity index (χ0n) is 11.4. The van der Waals surface area contributed by atoms with Crippen LogP contribution in [0.3, 0.4) is 0 Å². The van der Waals surface area contributed by atoms with Crippen LogP contribution in [0, 0.1) is 0 Å². The van der Waals surface area contributed by atoms with Gasteiger partial charge < -0.3 is 14.5 Å². The Morgan fingerprint density at radius 2 is 2.11 bits per heavy atom. The van der Waals surface area contributed by atoms with Gasteiger partial charge in [0, 0.05) is 17.0 Å². The summed E-state index contributed by atoms with van der Waals surface area (Å²) >= 11 is 5.99. The van der Waals surface area contributed by atoms with Gasteiger partial charge in [-0.05, 0) is 31.3 Å².